The molecule has 0 aromatic rings. The average Bonchev–Trinajstić information content (AvgIpc) is 3.45. The minimum atomic E-state index is -4.41. The fourth-order valence-corrected chi connectivity index (χ4v) is 11.4. The second kappa shape index (κ2) is 61.9. The molecule has 0 bridgehead atoms. The Morgan fingerprint density at radius 3 is 0.600 bits per heavy atom. The molecule has 0 aliphatic heterocycles. The SMILES string of the molecule is CCCCCCCCCCCCCCCCCC(=O)OCCOC(C)OP(=O)(OC(C)OCCOC(=O)CCCCCCCCCCCCCCCCC)OC(C)OCCOC(=O)CCCCCCCCCCCCCCCCC. The summed E-state index contributed by atoms with van der Waals surface area (Å²) < 4.78 is 64.4. The molecule has 476 valence electrons. The van der Waals surface area contributed by atoms with Crippen LogP contribution in [0.1, 0.15) is 350 Å². The first-order valence-electron chi connectivity index (χ1n) is 34.0. The van der Waals surface area contributed by atoms with E-state index >= 15 is 0 Å². The fraction of sp³-hybridized carbons (Fsp3) is 0.955. The van der Waals surface area contributed by atoms with Gasteiger partial charge in [0.1, 0.15) is 19.8 Å². The first kappa shape index (κ1) is 78.4. The topological polar surface area (TPSA) is 151 Å². The first-order valence-corrected chi connectivity index (χ1v) is 35.5. The third-order valence-corrected chi connectivity index (χ3v) is 16.5. The minimum absolute atomic E-state index is 0.000588. The smallest absolute Gasteiger partial charge is 0.463 e. The summed E-state index contributed by atoms with van der Waals surface area (Å²) in [5.41, 5.74) is 0. The number of phosphoric ester groups is 1. The predicted molar refractivity (Wildman–Crippen MR) is 329 cm³/mol. The van der Waals surface area contributed by atoms with Crippen LogP contribution in [0.15, 0.2) is 0 Å². The van der Waals surface area contributed by atoms with Gasteiger partial charge in [-0.3, -0.25) is 28.0 Å². The zero-order chi connectivity index (χ0) is 58.5. The van der Waals surface area contributed by atoms with Gasteiger partial charge in [0, 0.05) is 19.3 Å². The highest BCUT2D eigenvalue weighted by Gasteiger charge is 2.35. The number of carbonyl (C=O) groups excluding carboxylic acids is 3. The van der Waals surface area contributed by atoms with Crippen molar-refractivity contribution < 1.29 is 60.9 Å². The molecule has 0 aliphatic carbocycles. The maximum atomic E-state index is 14.1. The van der Waals surface area contributed by atoms with Crippen LogP contribution in [0.25, 0.3) is 0 Å². The highest BCUT2D eigenvalue weighted by atomic mass is 31.2. The molecule has 14 heteroatoms. The van der Waals surface area contributed by atoms with Gasteiger partial charge in [-0.25, -0.2) is 4.57 Å². The zero-order valence-electron chi connectivity index (χ0n) is 53.2. The Labute approximate surface area is 493 Å². The standard InChI is InChI=1S/C66H129O13P/c1-7-10-13-16-19-22-25-28-31-34-37-40-43-46-49-52-64(67)74-58-55-71-61(4)77-80(70,78-62(5)72-56-59-75-65(68)53-50-47-44-41-38-35-32-29-26-23-20-17-14-11-8-2)79-63(6)73-57-60-76-66(69)54-51-48-45-42-39-36-33-30-27-24-21-18-15-12-9-3/h61-63H,7-60H2,1-6H3. The maximum Gasteiger partial charge on any atom is 0.481 e. The van der Waals surface area contributed by atoms with Crippen molar-refractivity contribution in [2.75, 3.05) is 39.6 Å². The van der Waals surface area contributed by atoms with Gasteiger partial charge < -0.3 is 28.4 Å². The second-order valence-electron chi connectivity index (χ2n) is 22.8. The molecule has 13 nitrogen and oxygen atoms in total. The molecule has 3 atom stereocenters. The van der Waals surface area contributed by atoms with Crippen molar-refractivity contribution in [3.05, 3.63) is 0 Å². The van der Waals surface area contributed by atoms with E-state index in [-0.39, 0.29) is 57.5 Å². The number of rotatable bonds is 66. The number of hydrogen-bond acceptors (Lipinski definition) is 13. The molecule has 0 N–H and O–H groups in total. The van der Waals surface area contributed by atoms with Crippen LogP contribution in [-0.4, -0.2) is 76.4 Å². The summed E-state index contributed by atoms with van der Waals surface area (Å²) in [4.78, 5) is 37.2. The van der Waals surface area contributed by atoms with E-state index in [2.05, 4.69) is 20.8 Å². The predicted octanol–water partition coefficient (Wildman–Crippen LogP) is 20.6. The van der Waals surface area contributed by atoms with E-state index in [1.54, 1.807) is 0 Å². The van der Waals surface area contributed by atoms with Crippen LogP contribution in [0.2, 0.25) is 0 Å². The lowest BCUT2D eigenvalue weighted by molar-refractivity contribution is -0.165. The van der Waals surface area contributed by atoms with Crippen LogP contribution in [0.4, 0.5) is 0 Å². The van der Waals surface area contributed by atoms with Gasteiger partial charge in [0.15, 0.2) is 18.9 Å². The van der Waals surface area contributed by atoms with Crippen LogP contribution in [0.3, 0.4) is 0 Å². The van der Waals surface area contributed by atoms with Gasteiger partial charge in [0.05, 0.1) is 19.8 Å². The normalized spacial score (nSPS) is 13.5. The summed E-state index contributed by atoms with van der Waals surface area (Å²) in [6, 6.07) is 0. The van der Waals surface area contributed by atoms with Gasteiger partial charge in [-0.2, -0.15) is 0 Å². The van der Waals surface area contributed by atoms with Gasteiger partial charge in [-0.1, -0.05) is 290 Å². The van der Waals surface area contributed by atoms with Crippen molar-refractivity contribution in [2.24, 2.45) is 0 Å². The third kappa shape index (κ3) is 59.6. The highest BCUT2D eigenvalue weighted by Crippen LogP contribution is 2.53. The molecule has 3 unspecified atom stereocenters. The van der Waals surface area contributed by atoms with Crippen LogP contribution >= 0.6 is 7.82 Å². The molecule has 80 heavy (non-hydrogen) atoms. The molecule has 0 rings (SSSR count). The lowest BCUT2D eigenvalue weighted by Crippen LogP contribution is -2.24. The monoisotopic (exact) mass is 1160 g/mol. The molecule has 0 radical (unpaired) electrons. The quantitative estimate of drug-likeness (QED) is 0.0187. The molecule has 0 saturated carbocycles. The Morgan fingerprint density at radius 1 is 0.263 bits per heavy atom. The molecule has 0 heterocycles. The van der Waals surface area contributed by atoms with E-state index < -0.39 is 26.7 Å². The van der Waals surface area contributed by atoms with Gasteiger partial charge in [-0.05, 0) is 40.0 Å². The molecule has 0 fully saturated rings. The number of hydrogen-bond donors (Lipinski definition) is 0. The van der Waals surface area contributed by atoms with E-state index in [0.29, 0.717) is 19.3 Å². The van der Waals surface area contributed by atoms with Gasteiger partial charge in [-0.15, -0.1) is 0 Å². The highest BCUT2D eigenvalue weighted by molar-refractivity contribution is 7.48. The van der Waals surface area contributed by atoms with E-state index in [1.807, 2.05) is 0 Å². The number of phosphoric acid groups is 1. The molecule has 0 aromatic heterocycles. The summed E-state index contributed by atoms with van der Waals surface area (Å²) >= 11 is 0. The summed E-state index contributed by atoms with van der Waals surface area (Å²) in [5, 5.41) is 0. The summed E-state index contributed by atoms with van der Waals surface area (Å²) in [7, 11) is -4.41. The van der Waals surface area contributed by atoms with Crippen LogP contribution in [0, 0.1) is 0 Å². The van der Waals surface area contributed by atoms with E-state index in [1.165, 1.54) is 252 Å². The lowest BCUT2D eigenvalue weighted by atomic mass is 10.0. The van der Waals surface area contributed by atoms with Crippen LogP contribution in [0.5, 0.6) is 0 Å². The number of unbranched alkanes of at least 4 members (excludes halogenated alkanes) is 42. The minimum Gasteiger partial charge on any atom is -0.463 e. The van der Waals surface area contributed by atoms with Crippen molar-refractivity contribution in [1.29, 1.82) is 0 Å². The van der Waals surface area contributed by atoms with Gasteiger partial charge >= 0.3 is 25.7 Å². The third-order valence-electron chi connectivity index (χ3n) is 14.9. The summed E-state index contributed by atoms with van der Waals surface area (Å²) in [6.45, 7) is 11.4. The number of carbonyl (C=O) groups is 3. The molecule has 0 aliphatic rings. The summed E-state index contributed by atoms with van der Waals surface area (Å²) in [5.74, 6) is -0.840. The fourth-order valence-electron chi connectivity index (χ4n) is 9.96. The molecular formula is C66H129O13P. The number of esters is 3. The Balaban J connectivity index is 4.62. The Hall–Kier alpha value is -1.60. The van der Waals surface area contributed by atoms with E-state index in [4.69, 9.17) is 42.0 Å². The molecule has 0 amide bonds. The second-order valence-corrected chi connectivity index (χ2v) is 24.4. The Morgan fingerprint density at radius 2 is 0.425 bits per heavy atom. The van der Waals surface area contributed by atoms with Crippen molar-refractivity contribution in [1.82, 2.24) is 0 Å². The molecular weight excluding hydrogens is 1030 g/mol. The van der Waals surface area contributed by atoms with E-state index in [0.717, 1.165) is 57.8 Å². The lowest BCUT2D eigenvalue weighted by Gasteiger charge is -2.26. The Kier molecular flexibility index (Phi) is 60.7. The van der Waals surface area contributed by atoms with Gasteiger partial charge in [0.25, 0.3) is 0 Å². The van der Waals surface area contributed by atoms with Crippen LogP contribution < -0.4 is 0 Å². The van der Waals surface area contributed by atoms with Crippen molar-refractivity contribution in [3.63, 3.8) is 0 Å². The molecule has 0 aromatic carbocycles. The van der Waals surface area contributed by atoms with Crippen molar-refractivity contribution >= 4 is 25.7 Å². The zero-order valence-corrected chi connectivity index (χ0v) is 54.1. The summed E-state index contributed by atoms with van der Waals surface area (Å²) in [6.07, 6.45) is 54.6. The number of ether oxygens (including phenoxy) is 6. The first-order chi connectivity index (χ1) is 39.0. The Bertz CT molecular complexity index is 1210. The average molecular weight is 1160 g/mol. The van der Waals surface area contributed by atoms with E-state index in [9.17, 15) is 18.9 Å². The van der Waals surface area contributed by atoms with Gasteiger partial charge in [0.2, 0.25) is 0 Å². The van der Waals surface area contributed by atoms with Crippen LogP contribution in [-0.2, 0) is 60.9 Å². The largest absolute Gasteiger partial charge is 0.481 e. The molecule has 0 spiro atoms. The van der Waals surface area contributed by atoms with Crippen molar-refractivity contribution in [2.45, 2.75) is 369 Å². The maximum absolute atomic E-state index is 14.1. The van der Waals surface area contributed by atoms with Crippen molar-refractivity contribution in [3.8, 4) is 0 Å². The molecule has 0 saturated heterocycles.